The molecule has 0 aliphatic carbocycles. The van der Waals surface area contributed by atoms with E-state index in [0.29, 0.717) is 5.56 Å². The fourth-order valence-corrected chi connectivity index (χ4v) is 4.66. The van der Waals surface area contributed by atoms with Crippen molar-refractivity contribution in [1.29, 1.82) is 0 Å². The number of para-hydroxylation sites is 4. The van der Waals surface area contributed by atoms with Gasteiger partial charge in [-0.1, -0.05) is 95.6 Å². The minimum absolute atomic E-state index is 0. The molecule has 5 nitrogen and oxygen atoms in total. The topological polar surface area (TPSA) is 57.1 Å². The number of aromatic nitrogens is 4. The summed E-state index contributed by atoms with van der Waals surface area (Å²) in [7, 11) is 0. The molecular weight excluding hydrogens is 617 g/mol. The van der Waals surface area contributed by atoms with Crippen LogP contribution in [0.25, 0.3) is 55.6 Å². The van der Waals surface area contributed by atoms with Gasteiger partial charge in [-0.25, -0.2) is 6.07 Å². The largest absolute Gasteiger partial charge is 3.00 e. The first-order valence-corrected chi connectivity index (χ1v) is 11.0. The van der Waals surface area contributed by atoms with Gasteiger partial charge in [-0.15, -0.1) is 5.39 Å². The number of phenols is 1. The number of aromatic hydroxyl groups is 1. The third kappa shape index (κ3) is 3.33. The van der Waals surface area contributed by atoms with Crippen LogP contribution in [0.1, 0.15) is 0 Å². The number of imidazole rings is 1. The van der Waals surface area contributed by atoms with Crippen LogP contribution in [0, 0.1) is 12.4 Å². The van der Waals surface area contributed by atoms with Crippen molar-refractivity contribution in [1.82, 2.24) is 19.1 Å². The van der Waals surface area contributed by atoms with Crippen LogP contribution in [0.15, 0.2) is 97.1 Å². The molecule has 35 heavy (non-hydrogen) atoms. The molecule has 0 amide bonds. The summed E-state index contributed by atoms with van der Waals surface area (Å²) < 4.78 is 4.05. The van der Waals surface area contributed by atoms with E-state index in [1.807, 2.05) is 71.3 Å². The number of benzene rings is 4. The number of hydrogen-bond donors (Lipinski definition) is 1. The first-order valence-electron chi connectivity index (χ1n) is 11.0. The fraction of sp³-hybridized carbons (Fsp3) is 0. The van der Waals surface area contributed by atoms with E-state index in [1.54, 1.807) is 6.07 Å². The van der Waals surface area contributed by atoms with Crippen LogP contribution >= 0.6 is 0 Å². The molecule has 0 saturated heterocycles. The van der Waals surface area contributed by atoms with Crippen molar-refractivity contribution in [2.75, 3.05) is 0 Å². The summed E-state index contributed by atoms with van der Waals surface area (Å²) in [4.78, 5) is 9.30. The normalized spacial score (nSPS) is 11.3. The maximum atomic E-state index is 10.3. The molecule has 170 valence electrons. The zero-order valence-corrected chi connectivity index (χ0v) is 20.4. The van der Waals surface area contributed by atoms with E-state index in [2.05, 4.69) is 46.2 Å². The number of nitrogens with zero attached hydrogens (tertiary/aromatic N) is 4. The summed E-state index contributed by atoms with van der Waals surface area (Å²) in [6.07, 6.45) is 3.10. The first-order chi connectivity index (χ1) is 16.8. The van der Waals surface area contributed by atoms with Crippen LogP contribution in [0.4, 0.5) is 0 Å². The van der Waals surface area contributed by atoms with E-state index in [-0.39, 0.29) is 28.1 Å². The van der Waals surface area contributed by atoms with Crippen molar-refractivity contribution in [3.05, 3.63) is 109 Å². The molecule has 0 unspecified atom stereocenters. The van der Waals surface area contributed by atoms with E-state index in [1.165, 1.54) is 0 Å². The molecule has 3 heterocycles. The molecule has 0 aliphatic rings. The molecule has 1 N–H and O–H groups in total. The molecule has 6 heteroatoms. The van der Waals surface area contributed by atoms with Gasteiger partial charge in [0.25, 0.3) is 0 Å². The predicted molar refractivity (Wildman–Crippen MR) is 134 cm³/mol. The first kappa shape index (κ1) is 21.5. The molecule has 3 aromatic heterocycles. The van der Waals surface area contributed by atoms with Gasteiger partial charge in [0.15, 0.2) is 0 Å². The number of hydrogen-bond acceptors (Lipinski definition) is 2. The Morgan fingerprint density at radius 2 is 1.51 bits per heavy atom. The van der Waals surface area contributed by atoms with Gasteiger partial charge in [0.05, 0.1) is 0 Å². The van der Waals surface area contributed by atoms with Gasteiger partial charge in [-0.05, 0) is 22.8 Å². The van der Waals surface area contributed by atoms with Crippen LogP contribution < -0.4 is 4.98 Å². The quantitative estimate of drug-likeness (QED) is 0.190. The van der Waals surface area contributed by atoms with Crippen LogP contribution in [-0.2, 0) is 22.4 Å². The maximum absolute atomic E-state index is 10.3. The molecule has 4 aromatic carbocycles. The van der Waals surface area contributed by atoms with Crippen LogP contribution in [-0.4, -0.2) is 19.2 Å². The molecule has 0 spiro atoms. The maximum Gasteiger partial charge on any atom is 3.00 e. The number of fused-ring (bicyclic) bond motifs is 4. The van der Waals surface area contributed by atoms with Crippen LogP contribution in [0.3, 0.4) is 0 Å². The second-order valence-electron chi connectivity index (χ2n) is 8.20. The predicted octanol–water partition coefficient (Wildman–Crippen LogP) is 6.05. The van der Waals surface area contributed by atoms with E-state index >= 15 is 0 Å². The van der Waals surface area contributed by atoms with Gasteiger partial charge in [-0.3, -0.25) is 0 Å². The minimum atomic E-state index is 0. The summed E-state index contributed by atoms with van der Waals surface area (Å²) in [5, 5.41) is 12.5. The van der Waals surface area contributed by atoms with Crippen molar-refractivity contribution in [2.24, 2.45) is 0 Å². The van der Waals surface area contributed by atoms with Crippen molar-refractivity contribution in [3.63, 3.8) is 0 Å². The average molecular weight is 634 g/mol. The van der Waals surface area contributed by atoms with Gasteiger partial charge in [-0.2, -0.15) is 23.3 Å². The summed E-state index contributed by atoms with van der Waals surface area (Å²) in [6.45, 7) is 0. The monoisotopic (exact) mass is 634 g/mol. The molecule has 7 aromatic rings. The Balaban J connectivity index is 0.00000229. The van der Waals surface area contributed by atoms with Crippen LogP contribution in [0.2, 0.25) is 0 Å². The van der Waals surface area contributed by atoms with Gasteiger partial charge >= 0.3 is 22.4 Å². The Hall–Kier alpha value is -4.03. The van der Waals surface area contributed by atoms with E-state index in [0.717, 1.165) is 50.0 Å². The van der Waals surface area contributed by atoms with E-state index < -0.39 is 0 Å². The zero-order chi connectivity index (χ0) is 22.6. The molecule has 0 saturated carbocycles. The zero-order valence-electron chi connectivity index (χ0n) is 18.3. The second kappa shape index (κ2) is 8.32. The third-order valence-corrected chi connectivity index (χ3v) is 6.24. The summed E-state index contributed by atoms with van der Waals surface area (Å²) in [5.41, 5.74) is 6.13. The Morgan fingerprint density at radius 3 is 2.40 bits per heavy atom. The Bertz CT molecular complexity index is 1840. The summed E-state index contributed by atoms with van der Waals surface area (Å²) >= 11 is 0. The van der Waals surface area contributed by atoms with Crippen molar-refractivity contribution in [3.8, 4) is 28.5 Å². The smallest absolute Gasteiger partial charge is 0.507 e. The van der Waals surface area contributed by atoms with Gasteiger partial charge in [0, 0.05) is 11.9 Å². The van der Waals surface area contributed by atoms with E-state index in [9.17, 15) is 5.11 Å². The summed E-state index contributed by atoms with van der Waals surface area (Å²) in [5.74, 6) is 0.989. The third-order valence-electron chi connectivity index (χ3n) is 6.24. The standard InChI is InChI=1S/C29H17N4O.Au/c34-28-12-6-2-8-22(28)23-15-16-29(31-23)33-25-10-4-1-7-20(25)21-14-13-19(17-27(21)33)32-18-30-24-9-3-5-11-26(24)32;/h1-16,34H;/q-3;+3. The van der Waals surface area contributed by atoms with Crippen molar-refractivity contribution >= 4 is 32.8 Å². The molecular formula is C29H17AuN4O. The minimum Gasteiger partial charge on any atom is -0.507 e. The fourth-order valence-electron chi connectivity index (χ4n) is 4.66. The molecule has 7 rings (SSSR count). The van der Waals surface area contributed by atoms with E-state index in [4.69, 9.17) is 4.98 Å². The number of rotatable bonds is 3. The average Bonchev–Trinajstić information content (AvgIpc) is 3.59. The van der Waals surface area contributed by atoms with Crippen molar-refractivity contribution in [2.45, 2.75) is 0 Å². The molecule has 0 aliphatic heterocycles. The summed E-state index contributed by atoms with van der Waals surface area (Å²) in [6, 6.07) is 35.2. The Morgan fingerprint density at radius 1 is 0.743 bits per heavy atom. The van der Waals surface area contributed by atoms with Crippen molar-refractivity contribution < 1.29 is 27.5 Å². The Labute approximate surface area is 216 Å². The van der Waals surface area contributed by atoms with Crippen LogP contribution in [0.5, 0.6) is 5.75 Å². The molecule has 0 bridgehead atoms. The molecule has 0 radical (unpaired) electrons. The van der Waals surface area contributed by atoms with Gasteiger partial charge in [0.1, 0.15) is 5.75 Å². The van der Waals surface area contributed by atoms with Gasteiger partial charge in [0.2, 0.25) is 0 Å². The molecule has 0 atom stereocenters. The second-order valence-corrected chi connectivity index (χ2v) is 8.20. The number of phenolic OH excluding ortho intramolecular Hbond substituents is 1. The van der Waals surface area contributed by atoms with Gasteiger partial charge < -0.3 is 24.2 Å². The molecule has 0 fully saturated rings. The Kier molecular flexibility index (Phi) is 5.11. The SMILES string of the molecule is Oc1ccccc1-c1ccc(-n2c3[c-]c(-n4[c-]nc5ccccc54)ccc3c3ccccc32)[n-]1.[Au+3].